The molecule has 0 saturated carbocycles. The van der Waals surface area contributed by atoms with Gasteiger partial charge in [-0.2, -0.15) is 0 Å². The standard InChI is InChI=1S/C50H94NO8P/c1-6-8-10-12-14-16-18-20-22-24-25-27-29-31-33-35-37-39-41-43-50(53)59-48(47-58-60(54,55)57-45-44-51(3,4)5)46-56-49(52)42-40-38-36-34-32-30-28-26-23-21-19-17-15-13-11-9-7-2/h14,16-17,19-20,22,48H,6-13,15,18,21,23-47H2,1-5H3/p+1/b16-14+,19-17+,22-20+/t48-/m1/s1. The highest BCUT2D eigenvalue weighted by atomic mass is 31.2. The zero-order valence-corrected chi connectivity index (χ0v) is 40.6. The van der Waals surface area contributed by atoms with Crippen LogP contribution in [0.1, 0.15) is 219 Å². The summed E-state index contributed by atoms with van der Waals surface area (Å²) in [6, 6.07) is 0. The second-order valence-electron chi connectivity index (χ2n) is 17.8. The molecule has 0 bridgehead atoms. The molecule has 0 aliphatic rings. The van der Waals surface area contributed by atoms with Crippen molar-refractivity contribution in [1.29, 1.82) is 0 Å². The Morgan fingerprint density at radius 3 is 1.37 bits per heavy atom. The number of nitrogens with zero attached hydrogens (tertiary/aromatic N) is 1. The van der Waals surface area contributed by atoms with Crippen molar-refractivity contribution >= 4 is 19.8 Å². The van der Waals surface area contributed by atoms with Crippen LogP contribution in [-0.2, 0) is 32.7 Å². The van der Waals surface area contributed by atoms with Crippen molar-refractivity contribution in [2.24, 2.45) is 0 Å². The molecule has 0 aliphatic carbocycles. The van der Waals surface area contributed by atoms with Crippen LogP contribution in [0.4, 0.5) is 0 Å². The van der Waals surface area contributed by atoms with Crippen LogP contribution in [0.5, 0.6) is 0 Å². The lowest BCUT2D eigenvalue weighted by molar-refractivity contribution is -0.870. The third kappa shape index (κ3) is 45.7. The molecule has 352 valence electrons. The van der Waals surface area contributed by atoms with Crippen LogP contribution in [0.2, 0.25) is 0 Å². The predicted octanol–water partition coefficient (Wildman–Crippen LogP) is 14.5. The summed E-state index contributed by atoms with van der Waals surface area (Å²) in [6.07, 6.45) is 49.0. The topological polar surface area (TPSA) is 108 Å². The van der Waals surface area contributed by atoms with Gasteiger partial charge in [-0.15, -0.1) is 0 Å². The lowest BCUT2D eigenvalue weighted by atomic mass is 10.1. The Hall–Kier alpha value is -1.77. The molecule has 0 saturated heterocycles. The van der Waals surface area contributed by atoms with Crippen LogP contribution < -0.4 is 0 Å². The fraction of sp³-hybridized carbons (Fsp3) is 0.840. The average Bonchev–Trinajstić information content (AvgIpc) is 3.20. The lowest BCUT2D eigenvalue weighted by Crippen LogP contribution is -2.37. The molecule has 0 heterocycles. The first-order chi connectivity index (χ1) is 29.0. The number of unbranched alkanes of at least 4 members (excludes halogenated alkanes) is 25. The first kappa shape index (κ1) is 58.2. The molecule has 1 N–H and O–H groups in total. The molecule has 60 heavy (non-hydrogen) atoms. The van der Waals surface area contributed by atoms with Crippen molar-refractivity contribution in [3.05, 3.63) is 36.5 Å². The van der Waals surface area contributed by atoms with E-state index in [4.69, 9.17) is 18.5 Å². The van der Waals surface area contributed by atoms with E-state index in [0.717, 1.165) is 51.4 Å². The van der Waals surface area contributed by atoms with Gasteiger partial charge in [0.1, 0.15) is 19.8 Å². The van der Waals surface area contributed by atoms with Crippen molar-refractivity contribution < 1.29 is 42.1 Å². The van der Waals surface area contributed by atoms with Gasteiger partial charge in [-0.05, 0) is 70.6 Å². The van der Waals surface area contributed by atoms with Crippen molar-refractivity contribution in [2.75, 3.05) is 47.5 Å². The van der Waals surface area contributed by atoms with E-state index in [9.17, 15) is 19.0 Å². The minimum Gasteiger partial charge on any atom is -0.462 e. The second-order valence-corrected chi connectivity index (χ2v) is 19.3. The van der Waals surface area contributed by atoms with Gasteiger partial charge in [0.15, 0.2) is 6.10 Å². The van der Waals surface area contributed by atoms with Crippen LogP contribution in [0.25, 0.3) is 0 Å². The number of carbonyl (C=O) groups excluding carboxylic acids is 2. The minimum atomic E-state index is -4.38. The Morgan fingerprint density at radius 1 is 0.517 bits per heavy atom. The zero-order chi connectivity index (χ0) is 44.3. The molecular weight excluding hydrogens is 774 g/mol. The van der Waals surface area contributed by atoms with Gasteiger partial charge in [0.2, 0.25) is 0 Å². The van der Waals surface area contributed by atoms with Crippen LogP contribution in [-0.4, -0.2) is 74.9 Å². The predicted molar refractivity (Wildman–Crippen MR) is 252 cm³/mol. The summed E-state index contributed by atoms with van der Waals surface area (Å²) in [5.74, 6) is -0.800. The molecule has 0 aromatic heterocycles. The van der Waals surface area contributed by atoms with E-state index in [0.29, 0.717) is 17.4 Å². The number of carbonyl (C=O) groups is 2. The van der Waals surface area contributed by atoms with Gasteiger partial charge in [-0.25, -0.2) is 4.57 Å². The number of esters is 2. The third-order valence-corrected chi connectivity index (χ3v) is 11.6. The van der Waals surface area contributed by atoms with E-state index < -0.39 is 26.5 Å². The minimum absolute atomic E-state index is 0.0308. The Kier molecular flexibility index (Phi) is 41.3. The van der Waals surface area contributed by atoms with Crippen LogP contribution in [0.3, 0.4) is 0 Å². The maximum atomic E-state index is 12.7. The molecule has 0 spiro atoms. The van der Waals surface area contributed by atoms with E-state index in [-0.39, 0.29) is 32.0 Å². The first-order valence-electron chi connectivity index (χ1n) is 24.7. The van der Waals surface area contributed by atoms with E-state index in [1.807, 2.05) is 21.1 Å². The van der Waals surface area contributed by atoms with Gasteiger partial charge in [0.25, 0.3) is 0 Å². The number of phosphoric ester groups is 1. The molecule has 1 unspecified atom stereocenters. The van der Waals surface area contributed by atoms with Gasteiger partial charge in [-0.1, -0.05) is 172 Å². The quantitative estimate of drug-likeness (QED) is 0.0212. The number of rotatable bonds is 45. The van der Waals surface area contributed by atoms with Crippen molar-refractivity contribution in [3.8, 4) is 0 Å². The molecule has 9 nitrogen and oxygen atoms in total. The van der Waals surface area contributed by atoms with Gasteiger partial charge in [-0.3, -0.25) is 18.6 Å². The summed E-state index contributed by atoms with van der Waals surface area (Å²) in [5, 5.41) is 0. The molecule has 0 amide bonds. The summed E-state index contributed by atoms with van der Waals surface area (Å²) in [5.41, 5.74) is 0. The number of allylic oxidation sites excluding steroid dienone is 6. The number of quaternary nitrogens is 1. The largest absolute Gasteiger partial charge is 0.472 e. The molecule has 0 radical (unpaired) electrons. The van der Waals surface area contributed by atoms with E-state index in [2.05, 4.69) is 50.3 Å². The zero-order valence-electron chi connectivity index (χ0n) is 39.7. The van der Waals surface area contributed by atoms with Crippen LogP contribution in [0, 0.1) is 0 Å². The lowest BCUT2D eigenvalue weighted by Gasteiger charge is -2.24. The highest BCUT2D eigenvalue weighted by Gasteiger charge is 2.27. The van der Waals surface area contributed by atoms with Crippen LogP contribution in [0.15, 0.2) is 36.5 Å². The number of hydrogen-bond acceptors (Lipinski definition) is 7. The monoisotopic (exact) mass is 869 g/mol. The molecule has 0 aromatic carbocycles. The average molecular weight is 869 g/mol. The highest BCUT2D eigenvalue weighted by molar-refractivity contribution is 7.47. The summed E-state index contributed by atoms with van der Waals surface area (Å²) in [6.45, 7) is 4.40. The molecular formula is C50H95NO8P+. The smallest absolute Gasteiger partial charge is 0.462 e. The van der Waals surface area contributed by atoms with Gasteiger partial charge in [0.05, 0.1) is 27.7 Å². The van der Waals surface area contributed by atoms with Crippen molar-refractivity contribution in [2.45, 2.75) is 225 Å². The molecule has 0 rings (SSSR count). The fourth-order valence-corrected chi connectivity index (χ4v) is 7.49. The second kappa shape index (κ2) is 42.5. The maximum absolute atomic E-state index is 12.7. The Morgan fingerprint density at radius 2 is 0.900 bits per heavy atom. The molecule has 10 heteroatoms. The highest BCUT2D eigenvalue weighted by Crippen LogP contribution is 2.43. The molecule has 0 fully saturated rings. The number of phosphoric acid groups is 1. The number of ether oxygens (including phenoxy) is 2. The van der Waals surface area contributed by atoms with E-state index >= 15 is 0 Å². The number of likely N-dealkylation sites (N-methyl/N-ethyl adjacent to an activating group) is 1. The summed E-state index contributed by atoms with van der Waals surface area (Å²) < 4.78 is 34.4. The Bertz CT molecular complexity index is 1120. The number of hydrogen-bond donors (Lipinski definition) is 1. The van der Waals surface area contributed by atoms with Gasteiger partial charge >= 0.3 is 19.8 Å². The summed E-state index contributed by atoms with van der Waals surface area (Å²) >= 11 is 0. The molecule has 0 aliphatic heterocycles. The van der Waals surface area contributed by atoms with Crippen molar-refractivity contribution in [3.63, 3.8) is 0 Å². The third-order valence-electron chi connectivity index (χ3n) is 10.6. The Labute approximate surface area is 370 Å². The Balaban J connectivity index is 4.28. The van der Waals surface area contributed by atoms with Gasteiger partial charge < -0.3 is 18.9 Å². The fourth-order valence-electron chi connectivity index (χ4n) is 6.75. The van der Waals surface area contributed by atoms with Gasteiger partial charge in [0, 0.05) is 12.8 Å². The SMILES string of the molecule is CCCCC/C=C/C/C=C/CCCCCCCCCCCC(=O)O[C@H](COC(=O)CCCCCCCCCCC/C=C/CCCCCC)COP(=O)(O)OCC[N+](C)(C)C. The summed E-state index contributed by atoms with van der Waals surface area (Å²) in [7, 11) is 1.48. The first-order valence-corrected chi connectivity index (χ1v) is 26.2. The van der Waals surface area contributed by atoms with Crippen LogP contribution >= 0.6 is 7.82 Å². The molecule has 2 atom stereocenters. The molecule has 0 aromatic rings. The normalized spacial score (nSPS) is 13.8. The van der Waals surface area contributed by atoms with E-state index in [1.165, 1.54) is 135 Å². The van der Waals surface area contributed by atoms with Crippen molar-refractivity contribution in [1.82, 2.24) is 0 Å². The van der Waals surface area contributed by atoms with E-state index in [1.54, 1.807) is 0 Å². The summed E-state index contributed by atoms with van der Waals surface area (Å²) in [4.78, 5) is 35.5. The maximum Gasteiger partial charge on any atom is 0.472 e.